The highest BCUT2D eigenvalue weighted by Gasteiger charge is 2.17. The summed E-state index contributed by atoms with van der Waals surface area (Å²) < 4.78 is 1.52. The molecular weight excluding hydrogens is 404 g/mol. The molecule has 0 radical (unpaired) electrons. The molecule has 11 heteroatoms. The second-order valence-electron chi connectivity index (χ2n) is 4.11. The zero-order valence-corrected chi connectivity index (χ0v) is 15.2. The van der Waals surface area contributed by atoms with E-state index in [-0.39, 0.29) is 37.4 Å². The summed E-state index contributed by atoms with van der Waals surface area (Å²) in [6.07, 6.45) is 1.65. The summed E-state index contributed by atoms with van der Waals surface area (Å²) in [6.45, 7) is 4.05. The van der Waals surface area contributed by atoms with Crippen LogP contribution in [0.15, 0.2) is 23.9 Å². The molecule has 1 aromatic heterocycles. The molecule has 2 rings (SSSR count). The van der Waals surface area contributed by atoms with Crippen molar-refractivity contribution in [2.75, 3.05) is 11.1 Å². The van der Waals surface area contributed by atoms with E-state index in [0.717, 1.165) is 11.8 Å². The maximum Gasteiger partial charge on any atom is 0.234 e. The second kappa shape index (κ2) is 8.21. The fourth-order valence-corrected chi connectivity index (χ4v) is 3.12. The first kappa shape index (κ1) is 18.4. The lowest BCUT2D eigenvalue weighted by atomic mass is 10.3. The van der Waals surface area contributed by atoms with Crippen molar-refractivity contribution < 1.29 is 4.79 Å². The Morgan fingerprint density at radius 2 is 1.96 bits per heavy atom. The van der Waals surface area contributed by atoms with Gasteiger partial charge in [-0.15, -0.1) is 11.7 Å². The molecule has 0 saturated carbocycles. The monoisotopic (exact) mass is 411 g/mol. The Labute approximate surface area is 156 Å². The summed E-state index contributed by atoms with van der Waals surface area (Å²) in [5.41, 5.74) is 0.169. The Kier molecular flexibility index (Phi) is 6.55. The van der Waals surface area contributed by atoms with Gasteiger partial charge in [-0.25, -0.2) is 4.68 Å². The Balaban J connectivity index is 2.06. The number of benzene rings is 1. The van der Waals surface area contributed by atoms with E-state index in [1.807, 2.05) is 0 Å². The smallest absolute Gasteiger partial charge is 0.234 e. The molecule has 1 N–H and O–H groups in total. The Bertz CT molecular complexity index is 725. The number of carbonyl (C=O) groups excluding carboxylic acids is 1. The van der Waals surface area contributed by atoms with Gasteiger partial charge in [-0.1, -0.05) is 64.2 Å². The van der Waals surface area contributed by atoms with Crippen molar-refractivity contribution in [3.63, 3.8) is 0 Å². The topological polar surface area (TPSA) is 72.7 Å². The van der Waals surface area contributed by atoms with Crippen molar-refractivity contribution in [3.8, 4) is 0 Å². The number of nitrogens with zero attached hydrogens (tertiary/aromatic N) is 4. The number of allylic oxidation sites excluding steroid dienone is 1. The summed E-state index contributed by atoms with van der Waals surface area (Å²) in [6, 6.07) is 1.40. The van der Waals surface area contributed by atoms with Crippen molar-refractivity contribution in [1.82, 2.24) is 20.2 Å². The van der Waals surface area contributed by atoms with Crippen LogP contribution < -0.4 is 5.32 Å². The van der Waals surface area contributed by atoms with Crippen molar-refractivity contribution in [3.05, 3.63) is 38.8 Å². The third-order valence-corrected chi connectivity index (χ3v) is 5.04. The number of halogens is 4. The standard InChI is InChI=1S/C12H9Cl4N5OS/c1-2-3-21-12(18-19-20-21)23-5-8(22)17-11-9(15)6(13)4-7(14)10(11)16/h2,4H,1,3,5H2,(H,17,22). The molecule has 0 spiro atoms. The summed E-state index contributed by atoms with van der Waals surface area (Å²) in [5, 5.41) is 14.8. The van der Waals surface area contributed by atoms with Gasteiger partial charge >= 0.3 is 0 Å². The molecular formula is C12H9Cl4N5OS. The van der Waals surface area contributed by atoms with Crippen LogP contribution in [-0.4, -0.2) is 31.9 Å². The number of amides is 1. The van der Waals surface area contributed by atoms with E-state index in [0.29, 0.717) is 11.7 Å². The van der Waals surface area contributed by atoms with Crippen LogP contribution >= 0.6 is 58.2 Å². The van der Waals surface area contributed by atoms with Gasteiger partial charge in [-0.3, -0.25) is 4.79 Å². The van der Waals surface area contributed by atoms with Crippen molar-refractivity contribution in [1.29, 1.82) is 0 Å². The van der Waals surface area contributed by atoms with E-state index in [4.69, 9.17) is 46.4 Å². The third-order valence-electron chi connectivity index (χ3n) is 2.51. The third kappa shape index (κ3) is 4.51. The van der Waals surface area contributed by atoms with Crippen LogP contribution in [-0.2, 0) is 11.3 Å². The van der Waals surface area contributed by atoms with E-state index in [1.165, 1.54) is 10.7 Å². The average Bonchev–Trinajstić information content (AvgIpc) is 2.95. The lowest BCUT2D eigenvalue weighted by molar-refractivity contribution is -0.113. The van der Waals surface area contributed by atoms with Crippen LogP contribution in [0, 0.1) is 0 Å². The highest BCUT2D eigenvalue weighted by Crippen LogP contribution is 2.41. The van der Waals surface area contributed by atoms with Gasteiger partial charge in [0.25, 0.3) is 0 Å². The quantitative estimate of drug-likeness (QED) is 0.437. The molecule has 0 fully saturated rings. The molecule has 122 valence electrons. The lowest BCUT2D eigenvalue weighted by Crippen LogP contribution is -2.15. The summed E-state index contributed by atoms with van der Waals surface area (Å²) in [7, 11) is 0. The van der Waals surface area contributed by atoms with E-state index in [1.54, 1.807) is 6.08 Å². The number of anilines is 1. The minimum atomic E-state index is -0.356. The van der Waals surface area contributed by atoms with Gasteiger partial charge in [0.2, 0.25) is 11.1 Å². The molecule has 1 heterocycles. The molecule has 0 aliphatic carbocycles. The molecule has 6 nitrogen and oxygen atoms in total. The summed E-state index contributed by atoms with van der Waals surface area (Å²) in [4.78, 5) is 12.1. The highest BCUT2D eigenvalue weighted by atomic mass is 35.5. The molecule has 0 unspecified atom stereocenters. The number of hydrogen-bond donors (Lipinski definition) is 1. The molecule has 2 aromatic rings. The highest BCUT2D eigenvalue weighted by molar-refractivity contribution is 7.99. The van der Waals surface area contributed by atoms with Gasteiger partial charge in [0.05, 0.1) is 38.1 Å². The zero-order valence-electron chi connectivity index (χ0n) is 11.4. The van der Waals surface area contributed by atoms with Crippen LogP contribution in [0.25, 0.3) is 0 Å². The van der Waals surface area contributed by atoms with Crippen LogP contribution in [0.5, 0.6) is 0 Å². The van der Waals surface area contributed by atoms with Gasteiger partial charge < -0.3 is 5.32 Å². The SMILES string of the molecule is C=CCn1nnnc1SCC(=O)Nc1c(Cl)c(Cl)cc(Cl)c1Cl. The van der Waals surface area contributed by atoms with Gasteiger partial charge in [0, 0.05) is 0 Å². The van der Waals surface area contributed by atoms with Crippen LogP contribution in [0.2, 0.25) is 20.1 Å². The fraction of sp³-hybridized carbons (Fsp3) is 0.167. The number of nitrogens with one attached hydrogen (secondary N) is 1. The average molecular weight is 413 g/mol. The molecule has 0 saturated heterocycles. The van der Waals surface area contributed by atoms with Gasteiger partial charge in [0.1, 0.15) is 0 Å². The minimum Gasteiger partial charge on any atom is -0.323 e. The summed E-state index contributed by atoms with van der Waals surface area (Å²) >= 11 is 25.1. The number of rotatable bonds is 6. The van der Waals surface area contributed by atoms with Crippen molar-refractivity contribution in [2.24, 2.45) is 0 Å². The molecule has 0 bridgehead atoms. The normalized spacial score (nSPS) is 10.6. The maximum absolute atomic E-state index is 12.1. The molecule has 23 heavy (non-hydrogen) atoms. The molecule has 0 aliphatic rings. The predicted octanol–water partition coefficient (Wildman–Crippen LogP) is 4.20. The first-order chi connectivity index (χ1) is 10.9. The van der Waals surface area contributed by atoms with Crippen LogP contribution in [0.4, 0.5) is 5.69 Å². The number of thioether (sulfide) groups is 1. The second-order valence-corrected chi connectivity index (χ2v) is 6.63. The van der Waals surface area contributed by atoms with E-state index in [2.05, 4.69) is 27.4 Å². The Morgan fingerprint density at radius 1 is 1.30 bits per heavy atom. The van der Waals surface area contributed by atoms with Crippen molar-refractivity contribution in [2.45, 2.75) is 11.7 Å². The number of tetrazole rings is 1. The first-order valence-electron chi connectivity index (χ1n) is 6.06. The maximum atomic E-state index is 12.1. The van der Waals surface area contributed by atoms with Gasteiger partial charge in [-0.05, 0) is 16.5 Å². The number of hydrogen-bond acceptors (Lipinski definition) is 5. The predicted molar refractivity (Wildman–Crippen MR) is 93.8 cm³/mol. The van der Waals surface area contributed by atoms with Crippen LogP contribution in [0.1, 0.15) is 0 Å². The Morgan fingerprint density at radius 3 is 2.57 bits per heavy atom. The zero-order chi connectivity index (χ0) is 17.0. The molecule has 0 atom stereocenters. The number of aromatic nitrogens is 4. The van der Waals surface area contributed by atoms with E-state index < -0.39 is 0 Å². The first-order valence-corrected chi connectivity index (χ1v) is 8.56. The Hall–Kier alpha value is -0.990. The minimum absolute atomic E-state index is 0.0499. The largest absolute Gasteiger partial charge is 0.323 e. The van der Waals surface area contributed by atoms with Gasteiger partial charge in [0.15, 0.2) is 0 Å². The van der Waals surface area contributed by atoms with E-state index >= 15 is 0 Å². The summed E-state index contributed by atoms with van der Waals surface area (Å²) in [5.74, 6) is -0.306. The van der Waals surface area contributed by atoms with E-state index in [9.17, 15) is 4.79 Å². The fourth-order valence-electron chi connectivity index (χ4n) is 1.53. The molecule has 0 aliphatic heterocycles. The van der Waals surface area contributed by atoms with Gasteiger partial charge in [-0.2, -0.15) is 0 Å². The van der Waals surface area contributed by atoms with Crippen LogP contribution in [0.3, 0.4) is 0 Å². The lowest BCUT2D eigenvalue weighted by Gasteiger charge is -2.11. The molecule has 1 aromatic carbocycles. The van der Waals surface area contributed by atoms with Crippen molar-refractivity contribution >= 4 is 69.8 Å². The molecule has 1 amide bonds. The number of carbonyl (C=O) groups is 1.